The summed E-state index contributed by atoms with van der Waals surface area (Å²) < 4.78 is 0. The molecule has 1 unspecified atom stereocenters. The van der Waals surface area contributed by atoms with Gasteiger partial charge in [0.1, 0.15) is 0 Å². The summed E-state index contributed by atoms with van der Waals surface area (Å²) >= 11 is 0. The fraction of sp³-hybridized carbons (Fsp3) is 0.889. The van der Waals surface area contributed by atoms with Gasteiger partial charge in [-0.3, -0.25) is 9.59 Å². The van der Waals surface area contributed by atoms with Crippen molar-refractivity contribution in [2.24, 2.45) is 5.92 Å². The van der Waals surface area contributed by atoms with Crippen molar-refractivity contribution in [2.45, 2.75) is 96.8 Å². The topological polar surface area (TPSA) is 74.6 Å². The Bertz CT molecular complexity index is 289. The van der Waals surface area contributed by atoms with E-state index in [4.69, 9.17) is 10.2 Å². The lowest BCUT2D eigenvalue weighted by molar-refractivity contribution is -0.138. The van der Waals surface area contributed by atoms with E-state index in [1.54, 1.807) is 0 Å². The smallest absolute Gasteiger partial charge is 0.303 e. The van der Waals surface area contributed by atoms with Crippen LogP contribution in [-0.2, 0) is 9.59 Å². The van der Waals surface area contributed by atoms with Gasteiger partial charge in [-0.05, 0) is 18.8 Å². The molecule has 0 aliphatic heterocycles. The average molecular weight is 314 g/mol. The molecule has 0 radical (unpaired) electrons. The maximum atomic E-state index is 10.6. The van der Waals surface area contributed by atoms with E-state index in [-0.39, 0.29) is 0 Å². The van der Waals surface area contributed by atoms with Crippen LogP contribution in [0.2, 0.25) is 0 Å². The average Bonchev–Trinajstić information content (AvgIpc) is 2.47. The summed E-state index contributed by atoms with van der Waals surface area (Å²) in [5.74, 6) is -0.791. The minimum absolute atomic E-state index is 0.306. The van der Waals surface area contributed by atoms with Crippen molar-refractivity contribution < 1.29 is 19.8 Å². The number of unbranched alkanes of at least 4 members (excludes halogenated alkanes) is 8. The Hall–Kier alpha value is -1.06. The third-order valence-corrected chi connectivity index (χ3v) is 4.35. The first-order chi connectivity index (χ1) is 10.6. The van der Waals surface area contributed by atoms with Crippen LogP contribution in [0.3, 0.4) is 0 Å². The summed E-state index contributed by atoms with van der Waals surface area (Å²) in [5.41, 5.74) is 0. The maximum absolute atomic E-state index is 10.6. The van der Waals surface area contributed by atoms with Crippen LogP contribution in [0.4, 0.5) is 0 Å². The number of hydrogen-bond acceptors (Lipinski definition) is 2. The van der Waals surface area contributed by atoms with Crippen LogP contribution < -0.4 is 0 Å². The molecule has 0 aromatic carbocycles. The molecule has 0 amide bonds. The van der Waals surface area contributed by atoms with E-state index in [1.165, 1.54) is 44.9 Å². The molecule has 0 aliphatic carbocycles. The van der Waals surface area contributed by atoms with Gasteiger partial charge in [0.2, 0.25) is 0 Å². The van der Waals surface area contributed by atoms with Gasteiger partial charge >= 0.3 is 11.9 Å². The molecule has 0 aromatic rings. The van der Waals surface area contributed by atoms with Gasteiger partial charge in [0, 0.05) is 12.8 Å². The van der Waals surface area contributed by atoms with Gasteiger partial charge in [-0.1, -0.05) is 71.1 Å². The predicted molar refractivity (Wildman–Crippen MR) is 89.1 cm³/mol. The van der Waals surface area contributed by atoms with Gasteiger partial charge in [0.05, 0.1) is 0 Å². The van der Waals surface area contributed by atoms with E-state index in [2.05, 4.69) is 6.92 Å². The molecular formula is C18H34O4. The summed E-state index contributed by atoms with van der Waals surface area (Å²) in [5, 5.41) is 17.2. The quantitative estimate of drug-likeness (QED) is 0.381. The van der Waals surface area contributed by atoms with Crippen molar-refractivity contribution in [3.63, 3.8) is 0 Å². The Labute approximate surface area is 135 Å². The second kappa shape index (κ2) is 14.9. The lowest BCUT2D eigenvalue weighted by atomic mass is 9.93. The van der Waals surface area contributed by atoms with Crippen molar-refractivity contribution >= 4 is 11.9 Å². The van der Waals surface area contributed by atoms with Crippen LogP contribution >= 0.6 is 0 Å². The molecule has 0 aromatic heterocycles. The lowest BCUT2D eigenvalue weighted by Gasteiger charge is -2.13. The van der Waals surface area contributed by atoms with Gasteiger partial charge in [-0.2, -0.15) is 0 Å². The highest BCUT2D eigenvalue weighted by Gasteiger charge is 2.08. The molecule has 4 heteroatoms. The fourth-order valence-corrected chi connectivity index (χ4v) is 2.83. The van der Waals surface area contributed by atoms with E-state index in [1.807, 2.05) is 0 Å². The minimum Gasteiger partial charge on any atom is -0.481 e. The number of carbonyl (C=O) groups is 2. The lowest BCUT2D eigenvalue weighted by Crippen LogP contribution is -2.03. The molecule has 2 N–H and O–H groups in total. The molecular weight excluding hydrogens is 280 g/mol. The second-order valence-electron chi connectivity index (χ2n) is 6.32. The molecule has 0 rings (SSSR count). The van der Waals surface area contributed by atoms with Crippen molar-refractivity contribution in [3.8, 4) is 0 Å². The number of carboxylic acid groups (broad SMARTS) is 2. The normalized spacial score (nSPS) is 12.2. The number of aliphatic carboxylic acids is 2. The highest BCUT2D eigenvalue weighted by Crippen LogP contribution is 2.20. The van der Waals surface area contributed by atoms with Crippen LogP contribution in [0.15, 0.2) is 0 Å². The summed E-state index contributed by atoms with van der Waals surface area (Å²) in [6.07, 6.45) is 14.2. The molecule has 0 aliphatic rings. The Morgan fingerprint density at radius 2 is 1.14 bits per heavy atom. The number of rotatable bonds is 16. The van der Waals surface area contributed by atoms with Crippen LogP contribution in [-0.4, -0.2) is 22.2 Å². The summed E-state index contributed by atoms with van der Waals surface area (Å²) in [6.45, 7) is 2.15. The Kier molecular flexibility index (Phi) is 14.1. The number of carboxylic acids is 2. The first-order valence-electron chi connectivity index (χ1n) is 8.99. The molecule has 130 valence electrons. The van der Waals surface area contributed by atoms with E-state index in [9.17, 15) is 9.59 Å². The third-order valence-electron chi connectivity index (χ3n) is 4.35. The zero-order valence-electron chi connectivity index (χ0n) is 14.2. The van der Waals surface area contributed by atoms with Crippen LogP contribution in [0.25, 0.3) is 0 Å². The number of hydrogen-bond donors (Lipinski definition) is 2. The molecule has 0 heterocycles. The standard InChI is InChI=1S/C18H34O4/c1-2-16(14-15-18(21)22)12-10-8-6-4-3-5-7-9-11-13-17(19)20/h16H,2-15H2,1H3,(H,19,20)(H,21,22). The molecule has 0 saturated carbocycles. The van der Waals surface area contributed by atoms with Crippen molar-refractivity contribution in [2.75, 3.05) is 0 Å². The molecule has 0 fully saturated rings. The molecule has 4 nitrogen and oxygen atoms in total. The predicted octanol–water partition coefficient (Wildman–Crippen LogP) is 5.25. The molecule has 0 bridgehead atoms. The first-order valence-corrected chi connectivity index (χ1v) is 8.99. The zero-order chi connectivity index (χ0) is 16.6. The first kappa shape index (κ1) is 20.9. The zero-order valence-corrected chi connectivity index (χ0v) is 14.2. The van der Waals surface area contributed by atoms with Crippen LogP contribution in [0.5, 0.6) is 0 Å². The summed E-state index contributed by atoms with van der Waals surface area (Å²) in [7, 11) is 0. The fourth-order valence-electron chi connectivity index (χ4n) is 2.83. The Morgan fingerprint density at radius 3 is 1.59 bits per heavy atom. The van der Waals surface area contributed by atoms with Crippen molar-refractivity contribution in [1.82, 2.24) is 0 Å². The largest absolute Gasteiger partial charge is 0.481 e. The molecule has 1 atom stereocenters. The van der Waals surface area contributed by atoms with Crippen molar-refractivity contribution in [1.29, 1.82) is 0 Å². The van der Waals surface area contributed by atoms with Gasteiger partial charge in [-0.25, -0.2) is 0 Å². The molecule has 0 spiro atoms. The van der Waals surface area contributed by atoms with Gasteiger partial charge in [0.25, 0.3) is 0 Å². The molecule has 0 saturated heterocycles. The highest BCUT2D eigenvalue weighted by molar-refractivity contribution is 5.66. The van der Waals surface area contributed by atoms with Crippen molar-refractivity contribution in [3.05, 3.63) is 0 Å². The Balaban J connectivity index is 3.28. The van der Waals surface area contributed by atoms with Crippen LogP contribution in [0.1, 0.15) is 96.8 Å². The summed E-state index contributed by atoms with van der Waals surface area (Å²) in [6, 6.07) is 0. The monoisotopic (exact) mass is 314 g/mol. The Morgan fingerprint density at radius 1 is 0.682 bits per heavy atom. The van der Waals surface area contributed by atoms with E-state index in [0.717, 1.165) is 32.1 Å². The third kappa shape index (κ3) is 15.3. The minimum atomic E-state index is -0.686. The molecule has 22 heavy (non-hydrogen) atoms. The SMILES string of the molecule is CCC(CCCCCCCCCCCC(=O)O)CCC(=O)O. The summed E-state index contributed by atoms with van der Waals surface area (Å²) in [4.78, 5) is 20.9. The highest BCUT2D eigenvalue weighted by atomic mass is 16.4. The van der Waals surface area contributed by atoms with Gasteiger partial charge < -0.3 is 10.2 Å². The van der Waals surface area contributed by atoms with Gasteiger partial charge in [0.15, 0.2) is 0 Å². The van der Waals surface area contributed by atoms with E-state index in [0.29, 0.717) is 18.8 Å². The second-order valence-corrected chi connectivity index (χ2v) is 6.32. The van der Waals surface area contributed by atoms with Gasteiger partial charge in [-0.15, -0.1) is 0 Å². The van der Waals surface area contributed by atoms with E-state index >= 15 is 0 Å². The maximum Gasteiger partial charge on any atom is 0.303 e. The van der Waals surface area contributed by atoms with E-state index < -0.39 is 11.9 Å². The van der Waals surface area contributed by atoms with Crippen LogP contribution in [0, 0.1) is 5.92 Å².